The average Bonchev–Trinajstić information content (AvgIpc) is 3.07. The molecule has 0 saturated heterocycles. The van der Waals surface area contributed by atoms with E-state index in [4.69, 9.17) is 9.47 Å². The van der Waals surface area contributed by atoms with Crippen molar-refractivity contribution in [1.82, 2.24) is 0 Å². The molecule has 0 aliphatic heterocycles. The second-order valence-corrected chi connectivity index (χ2v) is 5.76. The molecule has 5 nitrogen and oxygen atoms in total. The SMILES string of the molecule is COc1ccc(NC(=O)[C@H](C)OC(=O)CCc2ccsc2)cc1. The maximum atomic E-state index is 12.0. The molecule has 0 aliphatic carbocycles. The van der Waals surface area contributed by atoms with E-state index >= 15 is 0 Å². The predicted molar refractivity (Wildman–Crippen MR) is 89.8 cm³/mol. The van der Waals surface area contributed by atoms with E-state index in [2.05, 4.69) is 5.32 Å². The highest BCUT2D eigenvalue weighted by Crippen LogP contribution is 2.15. The second kappa shape index (κ2) is 8.33. The monoisotopic (exact) mass is 333 g/mol. The van der Waals surface area contributed by atoms with E-state index in [1.165, 1.54) is 0 Å². The molecule has 1 atom stereocenters. The first kappa shape index (κ1) is 17.0. The molecular weight excluding hydrogens is 314 g/mol. The lowest BCUT2D eigenvalue weighted by molar-refractivity contribution is -0.153. The van der Waals surface area contributed by atoms with E-state index in [9.17, 15) is 9.59 Å². The fourth-order valence-corrected chi connectivity index (χ4v) is 2.61. The van der Waals surface area contributed by atoms with E-state index in [0.29, 0.717) is 17.9 Å². The van der Waals surface area contributed by atoms with Crippen LogP contribution in [0.1, 0.15) is 18.9 Å². The number of amides is 1. The predicted octanol–water partition coefficient (Wildman–Crippen LogP) is 3.26. The van der Waals surface area contributed by atoms with Gasteiger partial charge in [0.1, 0.15) is 5.75 Å². The lowest BCUT2D eigenvalue weighted by Gasteiger charge is -2.13. The van der Waals surface area contributed by atoms with Crippen molar-refractivity contribution in [3.63, 3.8) is 0 Å². The minimum Gasteiger partial charge on any atom is -0.497 e. The van der Waals surface area contributed by atoms with Crippen LogP contribution in [0.15, 0.2) is 41.1 Å². The number of thiophene rings is 1. The summed E-state index contributed by atoms with van der Waals surface area (Å²) in [4.78, 5) is 23.8. The number of benzene rings is 1. The van der Waals surface area contributed by atoms with Gasteiger partial charge in [0.05, 0.1) is 7.11 Å². The number of carbonyl (C=O) groups is 2. The van der Waals surface area contributed by atoms with Crippen molar-refractivity contribution in [1.29, 1.82) is 0 Å². The molecular formula is C17H19NO4S. The molecule has 0 unspecified atom stereocenters. The van der Waals surface area contributed by atoms with Crippen LogP contribution in [0.5, 0.6) is 5.75 Å². The first-order valence-corrected chi connectivity index (χ1v) is 8.18. The van der Waals surface area contributed by atoms with Gasteiger partial charge in [0.2, 0.25) is 0 Å². The van der Waals surface area contributed by atoms with Crippen molar-refractivity contribution in [2.45, 2.75) is 25.9 Å². The highest BCUT2D eigenvalue weighted by atomic mass is 32.1. The number of methoxy groups -OCH3 is 1. The molecule has 0 aliphatic rings. The lowest BCUT2D eigenvalue weighted by Crippen LogP contribution is -2.30. The summed E-state index contributed by atoms with van der Waals surface area (Å²) in [6.45, 7) is 1.56. The van der Waals surface area contributed by atoms with E-state index < -0.39 is 6.10 Å². The maximum Gasteiger partial charge on any atom is 0.306 e. The number of carbonyl (C=O) groups excluding carboxylic acids is 2. The Morgan fingerprint density at radius 1 is 1.22 bits per heavy atom. The van der Waals surface area contributed by atoms with Crippen LogP contribution in [0.25, 0.3) is 0 Å². The van der Waals surface area contributed by atoms with Crippen LogP contribution < -0.4 is 10.1 Å². The highest BCUT2D eigenvalue weighted by molar-refractivity contribution is 7.07. The van der Waals surface area contributed by atoms with Crippen LogP contribution in [-0.2, 0) is 20.7 Å². The van der Waals surface area contributed by atoms with Gasteiger partial charge in [-0.15, -0.1) is 0 Å². The second-order valence-electron chi connectivity index (χ2n) is 4.98. The van der Waals surface area contributed by atoms with Gasteiger partial charge in [0.15, 0.2) is 6.10 Å². The molecule has 0 saturated carbocycles. The topological polar surface area (TPSA) is 64.6 Å². The number of anilines is 1. The van der Waals surface area contributed by atoms with Gasteiger partial charge < -0.3 is 14.8 Å². The minimum absolute atomic E-state index is 0.261. The van der Waals surface area contributed by atoms with Crippen molar-refractivity contribution in [3.05, 3.63) is 46.7 Å². The van der Waals surface area contributed by atoms with Crippen LogP contribution in [-0.4, -0.2) is 25.1 Å². The summed E-state index contributed by atoms with van der Waals surface area (Å²) in [7, 11) is 1.57. The van der Waals surface area contributed by atoms with Gasteiger partial charge in [-0.1, -0.05) is 0 Å². The van der Waals surface area contributed by atoms with Crippen molar-refractivity contribution < 1.29 is 19.1 Å². The zero-order chi connectivity index (χ0) is 16.7. The number of ether oxygens (including phenoxy) is 2. The van der Waals surface area contributed by atoms with Crippen molar-refractivity contribution in [3.8, 4) is 5.75 Å². The molecule has 122 valence electrons. The zero-order valence-corrected chi connectivity index (χ0v) is 13.9. The van der Waals surface area contributed by atoms with Crippen LogP contribution in [0.4, 0.5) is 5.69 Å². The third kappa shape index (κ3) is 5.41. The standard InChI is InChI=1S/C17H19NO4S/c1-12(22-16(19)8-3-13-9-10-23-11-13)17(20)18-14-4-6-15(21-2)7-5-14/h4-7,9-12H,3,8H2,1-2H3,(H,18,20)/t12-/m0/s1. The summed E-state index contributed by atoms with van der Waals surface area (Å²) in [5, 5.41) is 6.65. The molecule has 2 aromatic rings. The summed E-state index contributed by atoms with van der Waals surface area (Å²) in [6.07, 6.45) is 0.0403. The van der Waals surface area contributed by atoms with Crippen molar-refractivity contribution >= 4 is 28.9 Å². The lowest BCUT2D eigenvalue weighted by atomic mass is 10.2. The molecule has 1 N–H and O–H groups in total. The van der Waals surface area contributed by atoms with Crippen LogP contribution in [0, 0.1) is 0 Å². The Kier molecular flexibility index (Phi) is 6.17. The van der Waals surface area contributed by atoms with Gasteiger partial charge in [0.25, 0.3) is 5.91 Å². The van der Waals surface area contributed by atoms with Crippen molar-refractivity contribution in [2.24, 2.45) is 0 Å². The van der Waals surface area contributed by atoms with Gasteiger partial charge in [-0.05, 0) is 60.0 Å². The zero-order valence-electron chi connectivity index (χ0n) is 13.1. The molecule has 2 rings (SSSR count). The summed E-state index contributed by atoms with van der Waals surface area (Å²) in [5.74, 6) is -0.0384. The average molecular weight is 333 g/mol. The fourth-order valence-electron chi connectivity index (χ4n) is 1.91. The van der Waals surface area contributed by atoms with Crippen LogP contribution in [0.3, 0.4) is 0 Å². The molecule has 1 amide bonds. The Morgan fingerprint density at radius 2 is 1.96 bits per heavy atom. The van der Waals surface area contributed by atoms with E-state index in [-0.39, 0.29) is 18.3 Å². The summed E-state index contributed by atoms with van der Waals surface area (Å²) in [5.41, 5.74) is 1.72. The third-order valence-corrected chi connectivity index (χ3v) is 3.96. The first-order chi connectivity index (χ1) is 11.1. The van der Waals surface area contributed by atoms with Gasteiger partial charge in [-0.3, -0.25) is 9.59 Å². The van der Waals surface area contributed by atoms with E-state index in [1.807, 2.05) is 16.8 Å². The normalized spacial score (nSPS) is 11.6. The third-order valence-electron chi connectivity index (χ3n) is 3.23. The molecule has 0 bridgehead atoms. The number of nitrogens with one attached hydrogen (secondary N) is 1. The molecule has 1 heterocycles. The van der Waals surface area contributed by atoms with Gasteiger partial charge in [0, 0.05) is 12.1 Å². The fraction of sp³-hybridized carbons (Fsp3) is 0.294. The Hall–Kier alpha value is -2.34. The Balaban J connectivity index is 1.78. The number of esters is 1. The molecule has 0 fully saturated rings. The maximum absolute atomic E-state index is 12.0. The summed E-state index contributed by atoms with van der Waals surface area (Å²) in [6, 6.07) is 8.90. The Bertz CT molecular complexity index is 637. The largest absolute Gasteiger partial charge is 0.497 e. The molecule has 0 radical (unpaired) electrons. The van der Waals surface area contributed by atoms with Crippen LogP contribution in [0.2, 0.25) is 0 Å². The van der Waals surface area contributed by atoms with Gasteiger partial charge >= 0.3 is 5.97 Å². The van der Waals surface area contributed by atoms with Gasteiger partial charge in [-0.2, -0.15) is 11.3 Å². The summed E-state index contributed by atoms with van der Waals surface area (Å²) >= 11 is 1.59. The molecule has 1 aromatic heterocycles. The number of aryl methyl sites for hydroxylation is 1. The Morgan fingerprint density at radius 3 is 2.57 bits per heavy atom. The quantitative estimate of drug-likeness (QED) is 0.790. The number of hydrogen-bond donors (Lipinski definition) is 1. The molecule has 1 aromatic carbocycles. The van der Waals surface area contributed by atoms with E-state index in [1.54, 1.807) is 49.6 Å². The number of rotatable bonds is 7. The smallest absolute Gasteiger partial charge is 0.306 e. The van der Waals surface area contributed by atoms with Crippen molar-refractivity contribution in [2.75, 3.05) is 12.4 Å². The summed E-state index contributed by atoms with van der Waals surface area (Å²) < 4.78 is 10.2. The molecule has 0 spiro atoms. The molecule has 23 heavy (non-hydrogen) atoms. The number of hydrogen-bond acceptors (Lipinski definition) is 5. The minimum atomic E-state index is -0.841. The molecule has 6 heteroatoms. The highest BCUT2D eigenvalue weighted by Gasteiger charge is 2.17. The van der Waals surface area contributed by atoms with Crippen LogP contribution >= 0.6 is 11.3 Å². The first-order valence-electron chi connectivity index (χ1n) is 7.24. The Labute approximate surface area is 139 Å². The van der Waals surface area contributed by atoms with Gasteiger partial charge in [-0.25, -0.2) is 0 Å². The van der Waals surface area contributed by atoms with E-state index in [0.717, 1.165) is 5.56 Å².